The van der Waals surface area contributed by atoms with Crippen molar-refractivity contribution in [3.63, 3.8) is 0 Å². The molecule has 0 unspecified atom stereocenters. The standard InChI is InChI=1S/C15H17N3O2S/c1-10-6-11(2)17-15(7-10)21-9-12-4-5-14(18(19)20)13(8-12)16-3/h4-8,16H,9H2,1-3H3. The predicted octanol–water partition coefficient (Wildman–Crippen LogP) is 3.94. The van der Waals surface area contributed by atoms with Crippen molar-refractivity contribution in [1.29, 1.82) is 0 Å². The molecule has 2 rings (SSSR count). The summed E-state index contributed by atoms with van der Waals surface area (Å²) in [5.74, 6) is 0.725. The van der Waals surface area contributed by atoms with Crippen LogP contribution in [-0.4, -0.2) is 17.0 Å². The number of nitro groups is 1. The fraction of sp³-hybridized carbons (Fsp3) is 0.267. The van der Waals surface area contributed by atoms with E-state index < -0.39 is 0 Å². The van der Waals surface area contributed by atoms with Gasteiger partial charge in [0.25, 0.3) is 5.69 Å². The van der Waals surface area contributed by atoms with Gasteiger partial charge in [-0.15, -0.1) is 11.8 Å². The summed E-state index contributed by atoms with van der Waals surface area (Å²) in [5.41, 5.74) is 3.83. The third-order valence-corrected chi connectivity index (χ3v) is 3.97. The van der Waals surface area contributed by atoms with Crippen molar-refractivity contribution in [2.45, 2.75) is 24.6 Å². The highest BCUT2D eigenvalue weighted by molar-refractivity contribution is 7.98. The molecular formula is C15H17N3O2S. The Morgan fingerprint density at radius 1 is 1.29 bits per heavy atom. The summed E-state index contributed by atoms with van der Waals surface area (Å²) in [6, 6.07) is 9.22. The van der Waals surface area contributed by atoms with E-state index in [1.807, 2.05) is 32.0 Å². The normalized spacial score (nSPS) is 10.4. The lowest BCUT2D eigenvalue weighted by Gasteiger charge is -2.07. The van der Waals surface area contributed by atoms with Crippen molar-refractivity contribution in [2.75, 3.05) is 12.4 Å². The maximum absolute atomic E-state index is 10.9. The molecule has 0 aliphatic rings. The Bertz CT molecular complexity index is 654. The van der Waals surface area contributed by atoms with Crippen LogP contribution in [0.1, 0.15) is 16.8 Å². The molecule has 5 nitrogen and oxygen atoms in total. The molecule has 0 saturated carbocycles. The summed E-state index contributed by atoms with van der Waals surface area (Å²) in [6.45, 7) is 4.02. The van der Waals surface area contributed by atoms with E-state index in [4.69, 9.17) is 0 Å². The maximum Gasteiger partial charge on any atom is 0.292 e. The number of aryl methyl sites for hydroxylation is 2. The molecular weight excluding hydrogens is 286 g/mol. The molecule has 1 N–H and O–H groups in total. The second kappa shape index (κ2) is 6.58. The van der Waals surface area contributed by atoms with Crippen LogP contribution in [0.2, 0.25) is 0 Å². The van der Waals surface area contributed by atoms with E-state index in [-0.39, 0.29) is 10.6 Å². The average Bonchev–Trinajstić information content (AvgIpc) is 2.43. The number of pyridine rings is 1. The van der Waals surface area contributed by atoms with Crippen LogP contribution >= 0.6 is 11.8 Å². The Morgan fingerprint density at radius 2 is 2.05 bits per heavy atom. The summed E-state index contributed by atoms with van der Waals surface area (Å²) in [4.78, 5) is 15.0. The molecule has 1 aromatic heterocycles. The first-order chi connectivity index (χ1) is 9.99. The topological polar surface area (TPSA) is 68.1 Å². The molecule has 0 fully saturated rings. The molecule has 1 aromatic carbocycles. The second-order valence-electron chi connectivity index (χ2n) is 4.77. The molecule has 6 heteroatoms. The SMILES string of the molecule is CNc1cc(CSc2cc(C)cc(C)n2)ccc1[N+](=O)[O-]. The molecule has 0 spiro atoms. The molecule has 0 saturated heterocycles. The van der Waals surface area contributed by atoms with Gasteiger partial charge < -0.3 is 5.32 Å². The number of aromatic nitrogens is 1. The highest BCUT2D eigenvalue weighted by Crippen LogP contribution is 2.28. The van der Waals surface area contributed by atoms with Crippen molar-refractivity contribution in [2.24, 2.45) is 0 Å². The van der Waals surface area contributed by atoms with Gasteiger partial charge in [0.1, 0.15) is 5.69 Å². The number of hydrogen-bond acceptors (Lipinski definition) is 5. The first-order valence-electron chi connectivity index (χ1n) is 6.53. The molecule has 21 heavy (non-hydrogen) atoms. The number of nitro benzene ring substituents is 1. The van der Waals surface area contributed by atoms with Crippen LogP contribution in [-0.2, 0) is 5.75 Å². The molecule has 0 aliphatic carbocycles. The van der Waals surface area contributed by atoms with E-state index in [9.17, 15) is 10.1 Å². The predicted molar refractivity (Wildman–Crippen MR) is 85.9 cm³/mol. The zero-order chi connectivity index (χ0) is 15.4. The van der Waals surface area contributed by atoms with Gasteiger partial charge in [0, 0.05) is 24.6 Å². The monoisotopic (exact) mass is 303 g/mol. The van der Waals surface area contributed by atoms with E-state index in [1.54, 1.807) is 24.9 Å². The van der Waals surface area contributed by atoms with Gasteiger partial charge in [-0.25, -0.2) is 4.98 Å². The zero-order valence-electron chi connectivity index (χ0n) is 12.2. The average molecular weight is 303 g/mol. The van der Waals surface area contributed by atoms with Gasteiger partial charge in [-0.1, -0.05) is 6.07 Å². The molecule has 0 aliphatic heterocycles. The molecule has 2 aromatic rings. The minimum absolute atomic E-state index is 0.0933. The molecule has 110 valence electrons. The van der Waals surface area contributed by atoms with Crippen LogP contribution in [0.5, 0.6) is 0 Å². The van der Waals surface area contributed by atoms with Crippen LogP contribution in [0.3, 0.4) is 0 Å². The minimum atomic E-state index is -0.381. The smallest absolute Gasteiger partial charge is 0.292 e. The van der Waals surface area contributed by atoms with Gasteiger partial charge in [0.2, 0.25) is 0 Å². The fourth-order valence-corrected chi connectivity index (χ4v) is 3.04. The minimum Gasteiger partial charge on any atom is -0.383 e. The van der Waals surface area contributed by atoms with Crippen molar-refractivity contribution in [3.05, 3.63) is 57.3 Å². The van der Waals surface area contributed by atoms with Gasteiger partial charge in [0.05, 0.1) is 9.95 Å². The van der Waals surface area contributed by atoms with E-state index in [0.29, 0.717) is 5.69 Å². The number of rotatable bonds is 5. The summed E-state index contributed by atoms with van der Waals surface area (Å²) < 4.78 is 0. The van der Waals surface area contributed by atoms with Crippen molar-refractivity contribution in [3.8, 4) is 0 Å². The second-order valence-corrected chi connectivity index (χ2v) is 5.77. The lowest BCUT2D eigenvalue weighted by atomic mass is 10.2. The van der Waals surface area contributed by atoms with Crippen molar-refractivity contribution >= 4 is 23.1 Å². The highest BCUT2D eigenvalue weighted by atomic mass is 32.2. The van der Waals surface area contributed by atoms with Crippen LogP contribution in [0.4, 0.5) is 11.4 Å². The Labute approximate surface area is 127 Å². The lowest BCUT2D eigenvalue weighted by molar-refractivity contribution is -0.383. The first kappa shape index (κ1) is 15.3. The molecule has 0 bridgehead atoms. The number of benzene rings is 1. The summed E-state index contributed by atoms with van der Waals surface area (Å²) in [5, 5.41) is 14.7. The number of thioether (sulfide) groups is 1. The van der Waals surface area contributed by atoms with Crippen molar-refractivity contribution < 1.29 is 4.92 Å². The summed E-state index contributed by atoms with van der Waals surface area (Å²) >= 11 is 1.63. The van der Waals surface area contributed by atoms with Gasteiger partial charge in [-0.05, 0) is 43.2 Å². The van der Waals surface area contributed by atoms with Crippen LogP contribution in [0.25, 0.3) is 0 Å². The van der Waals surface area contributed by atoms with Crippen LogP contribution < -0.4 is 5.32 Å². The van der Waals surface area contributed by atoms with E-state index >= 15 is 0 Å². The lowest BCUT2D eigenvalue weighted by Crippen LogP contribution is -1.97. The first-order valence-corrected chi connectivity index (χ1v) is 7.51. The number of nitrogens with zero attached hydrogens (tertiary/aromatic N) is 2. The Morgan fingerprint density at radius 3 is 2.67 bits per heavy atom. The largest absolute Gasteiger partial charge is 0.383 e. The highest BCUT2D eigenvalue weighted by Gasteiger charge is 2.13. The third-order valence-electron chi connectivity index (χ3n) is 2.99. The van der Waals surface area contributed by atoms with E-state index in [2.05, 4.69) is 10.3 Å². The number of hydrogen-bond donors (Lipinski definition) is 1. The fourth-order valence-electron chi connectivity index (χ4n) is 2.07. The molecule has 0 radical (unpaired) electrons. The van der Waals surface area contributed by atoms with Gasteiger partial charge in [-0.2, -0.15) is 0 Å². The summed E-state index contributed by atoms with van der Waals surface area (Å²) in [6.07, 6.45) is 0. The Balaban J connectivity index is 2.14. The molecule has 0 atom stereocenters. The zero-order valence-corrected chi connectivity index (χ0v) is 13.0. The number of nitrogens with one attached hydrogen (secondary N) is 1. The van der Waals surface area contributed by atoms with E-state index in [1.165, 1.54) is 11.6 Å². The summed E-state index contributed by atoms with van der Waals surface area (Å²) in [7, 11) is 1.69. The van der Waals surface area contributed by atoms with Gasteiger partial charge >= 0.3 is 0 Å². The third kappa shape index (κ3) is 3.95. The number of anilines is 1. The van der Waals surface area contributed by atoms with Gasteiger partial charge in [-0.3, -0.25) is 10.1 Å². The molecule has 0 amide bonds. The van der Waals surface area contributed by atoms with E-state index in [0.717, 1.165) is 22.0 Å². The van der Waals surface area contributed by atoms with Crippen LogP contribution in [0, 0.1) is 24.0 Å². The Kier molecular flexibility index (Phi) is 4.80. The van der Waals surface area contributed by atoms with Crippen molar-refractivity contribution in [1.82, 2.24) is 4.98 Å². The van der Waals surface area contributed by atoms with Crippen LogP contribution in [0.15, 0.2) is 35.4 Å². The molecule has 1 heterocycles. The maximum atomic E-state index is 10.9. The quantitative estimate of drug-likeness (QED) is 0.515. The Hall–Kier alpha value is -2.08. The van der Waals surface area contributed by atoms with Gasteiger partial charge in [0.15, 0.2) is 0 Å².